The largest absolute Gasteiger partial charge is 0.504 e. The number of phenolic OH excluding ortho intramolecular Hbond substituents is 3. The zero-order valence-electron chi connectivity index (χ0n) is 14.4. The molecule has 2 amide bonds. The minimum atomic E-state index is -0.688. The standard InChI is InChI=1S/C19H19FN2O5/c20-14-4-2-1-3-13(14)19(27)22-7-5-12(6-8-22)21-18(26)11-9-15(23)17(25)16(24)10-11/h1-4,9-10,12,23-25H,5-8H2,(H,21,26). The number of nitrogens with zero attached hydrogens (tertiary/aromatic N) is 1. The Bertz CT molecular complexity index is 855. The van der Waals surface area contributed by atoms with E-state index in [1.165, 1.54) is 18.2 Å². The molecule has 8 heteroatoms. The predicted molar refractivity (Wildman–Crippen MR) is 94.2 cm³/mol. The molecule has 27 heavy (non-hydrogen) atoms. The summed E-state index contributed by atoms with van der Waals surface area (Å²) in [5.41, 5.74) is 0.0303. The Hall–Kier alpha value is -3.29. The topological polar surface area (TPSA) is 110 Å². The summed E-state index contributed by atoms with van der Waals surface area (Å²) in [4.78, 5) is 26.2. The first kappa shape index (κ1) is 18.5. The van der Waals surface area contributed by atoms with Crippen molar-refractivity contribution in [2.45, 2.75) is 18.9 Å². The summed E-state index contributed by atoms with van der Waals surface area (Å²) in [6.07, 6.45) is 0.976. The van der Waals surface area contributed by atoms with E-state index in [0.717, 1.165) is 12.1 Å². The van der Waals surface area contributed by atoms with E-state index in [1.807, 2.05) is 0 Å². The van der Waals surface area contributed by atoms with Crippen LogP contribution in [0.1, 0.15) is 33.6 Å². The molecule has 2 aromatic rings. The number of aromatic hydroxyl groups is 3. The van der Waals surface area contributed by atoms with E-state index < -0.39 is 29.0 Å². The number of carbonyl (C=O) groups excluding carboxylic acids is 2. The van der Waals surface area contributed by atoms with E-state index in [-0.39, 0.29) is 23.1 Å². The van der Waals surface area contributed by atoms with Gasteiger partial charge in [0.1, 0.15) is 5.82 Å². The fourth-order valence-electron chi connectivity index (χ4n) is 3.04. The zero-order valence-corrected chi connectivity index (χ0v) is 14.4. The van der Waals surface area contributed by atoms with Crippen LogP contribution in [0.3, 0.4) is 0 Å². The quantitative estimate of drug-likeness (QED) is 0.614. The normalized spacial score (nSPS) is 14.8. The van der Waals surface area contributed by atoms with Crippen molar-refractivity contribution in [2.24, 2.45) is 0 Å². The van der Waals surface area contributed by atoms with E-state index in [4.69, 9.17) is 0 Å². The molecule has 0 unspecified atom stereocenters. The number of piperidine rings is 1. The summed E-state index contributed by atoms with van der Waals surface area (Å²) in [6, 6.07) is 7.71. The maximum atomic E-state index is 13.8. The van der Waals surface area contributed by atoms with E-state index in [1.54, 1.807) is 11.0 Å². The van der Waals surface area contributed by atoms with Gasteiger partial charge in [0.05, 0.1) is 5.56 Å². The fourth-order valence-corrected chi connectivity index (χ4v) is 3.04. The van der Waals surface area contributed by atoms with Gasteiger partial charge in [-0.25, -0.2) is 4.39 Å². The zero-order chi connectivity index (χ0) is 19.6. The Morgan fingerprint density at radius 3 is 2.22 bits per heavy atom. The molecule has 0 aromatic heterocycles. The van der Waals surface area contributed by atoms with Crippen molar-refractivity contribution in [3.8, 4) is 17.2 Å². The number of nitrogens with one attached hydrogen (secondary N) is 1. The molecule has 2 aromatic carbocycles. The summed E-state index contributed by atoms with van der Waals surface area (Å²) in [5, 5.41) is 31.1. The molecule has 142 valence electrons. The number of carbonyl (C=O) groups is 2. The van der Waals surface area contributed by atoms with Crippen LogP contribution in [0.2, 0.25) is 0 Å². The first-order valence-corrected chi connectivity index (χ1v) is 8.46. The second-order valence-corrected chi connectivity index (χ2v) is 6.38. The van der Waals surface area contributed by atoms with Gasteiger partial charge in [0.25, 0.3) is 11.8 Å². The number of hydrogen-bond donors (Lipinski definition) is 4. The third-order valence-corrected chi connectivity index (χ3v) is 4.55. The maximum absolute atomic E-state index is 13.8. The van der Waals surface area contributed by atoms with Crippen molar-refractivity contribution in [2.75, 3.05) is 13.1 Å². The van der Waals surface area contributed by atoms with E-state index >= 15 is 0 Å². The Labute approximate surface area is 154 Å². The number of halogens is 1. The monoisotopic (exact) mass is 374 g/mol. The second-order valence-electron chi connectivity index (χ2n) is 6.38. The van der Waals surface area contributed by atoms with Gasteiger partial charge in [-0.3, -0.25) is 9.59 Å². The molecule has 3 rings (SSSR count). The van der Waals surface area contributed by atoms with Crippen LogP contribution >= 0.6 is 0 Å². The van der Waals surface area contributed by atoms with Gasteiger partial charge in [0.15, 0.2) is 17.2 Å². The van der Waals surface area contributed by atoms with Crippen molar-refractivity contribution in [1.29, 1.82) is 0 Å². The first-order chi connectivity index (χ1) is 12.9. The number of likely N-dealkylation sites (tertiary alicyclic amines) is 1. The van der Waals surface area contributed by atoms with Crippen LogP contribution in [0.15, 0.2) is 36.4 Å². The van der Waals surface area contributed by atoms with Crippen molar-refractivity contribution < 1.29 is 29.3 Å². The number of hydrogen-bond acceptors (Lipinski definition) is 5. The first-order valence-electron chi connectivity index (χ1n) is 8.46. The molecule has 1 aliphatic heterocycles. The van der Waals surface area contributed by atoms with Gasteiger partial charge in [-0.2, -0.15) is 0 Å². The van der Waals surface area contributed by atoms with Gasteiger partial charge in [-0.05, 0) is 37.1 Å². The molecule has 4 N–H and O–H groups in total. The molecule has 7 nitrogen and oxygen atoms in total. The number of amides is 2. The summed E-state index contributed by atoms with van der Waals surface area (Å²) in [7, 11) is 0. The van der Waals surface area contributed by atoms with Gasteiger partial charge >= 0.3 is 0 Å². The Balaban J connectivity index is 1.59. The summed E-state index contributed by atoms with van der Waals surface area (Å²) in [6.45, 7) is 0.731. The third-order valence-electron chi connectivity index (χ3n) is 4.55. The molecule has 1 saturated heterocycles. The molecule has 1 aliphatic rings. The molecule has 0 atom stereocenters. The number of benzene rings is 2. The van der Waals surface area contributed by atoms with Crippen LogP contribution in [-0.4, -0.2) is 51.2 Å². The molecule has 1 heterocycles. The van der Waals surface area contributed by atoms with Gasteiger partial charge in [-0.1, -0.05) is 12.1 Å². The van der Waals surface area contributed by atoms with E-state index in [0.29, 0.717) is 25.9 Å². The Morgan fingerprint density at radius 2 is 1.63 bits per heavy atom. The molecule has 0 aliphatic carbocycles. The second kappa shape index (κ2) is 7.53. The molecular formula is C19H19FN2O5. The summed E-state index contributed by atoms with van der Waals surface area (Å²) < 4.78 is 13.8. The highest BCUT2D eigenvalue weighted by atomic mass is 19.1. The highest BCUT2D eigenvalue weighted by Gasteiger charge is 2.26. The van der Waals surface area contributed by atoms with Crippen LogP contribution in [0.25, 0.3) is 0 Å². The Morgan fingerprint density at radius 1 is 1.04 bits per heavy atom. The molecule has 1 fully saturated rings. The van der Waals surface area contributed by atoms with Crippen LogP contribution in [0.4, 0.5) is 4.39 Å². The minimum absolute atomic E-state index is 0.00710. The third kappa shape index (κ3) is 3.94. The molecule has 0 bridgehead atoms. The van der Waals surface area contributed by atoms with Crippen molar-refractivity contribution in [3.05, 3.63) is 53.3 Å². The van der Waals surface area contributed by atoms with E-state index in [2.05, 4.69) is 5.32 Å². The number of rotatable bonds is 3. The van der Waals surface area contributed by atoms with Crippen molar-refractivity contribution in [3.63, 3.8) is 0 Å². The average molecular weight is 374 g/mol. The number of phenols is 3. The van der Waals surface area contributed by atoms with Crippen molar-refractivity contribution >= 4 is 11.8 Å². The van der Waals surface area contributed by atoms with Gasteiger partial charge < -0.3 is 25.5 Å². The van der Waals surface area contributed by atoms with Crippen LogP contribution < -0.4 is 5.32 Å². The molecule has 0 saturated carbocycles. The maximum Gasteiger partial charge on any atom is 0.256 e. The highest BCUT2D eigenvalue weighted by Crippen LogP contribution is 2.35. The lowest BCUT2D eigenvalue weighted by atomic mass is 10.0. The SMILES string of the molecule is O=C(NC1CCN(C(=O)c2ccccc2F)CC1)c1cc(O)c(O)c(O)c1. The van der Waals surface area contributed by atoms with Crippen LogP contribution in [-0.2, 0) is 0 Å². The van der Waals surface area contributed by atoms with Crippen molar-refractivity contribution in [1.82, 2.24) is 10.2 Å². The van der Waals surface area contributed by atoms with Crippen LogP contribution in [0.5, 0.6) is 17.2 Å². The summed E-state index contributed by atoms with van der Waals surface area (Å²) in [5.74, 6) is -3.34. The average Bonchev–Trinajstić information content (AvgIpc) is 2.66. The molecule has 0 radical (unpaired) electrons. The van der Waals surface area contributed by atoms with Gasteiger partial charge in [0.2, 0.25) is 0 Å². The lowest BCUT2D eigenvalue weighted by Gasteiger charge is -2.32. The fraction of sp³-hybridized carbons (Fsp3) is 0.263. The lowest BCUT2D eigenvalue weighted by Crippen LogP contribution is -2.46. The lowest BCUT2D eigenvalue weighted by molar-refractivity contribution is 0.0693. The highest BCUT2D eigenvalue weighted by molar-refractivity contribution is 5.96. The van der Waals surface area contributed by atoms with Crippen LogP contribution in [0, 0.1) is 5.82 Å². The molecular weight excluding hydrogens is 355 g/mol. The smallest absolute Gasteiger partial charge is 0.256 e. The summed E-state index contributed by atoms with van der Waals surface area (Å²) >= 11 is 0. The predicted octanol–water partition coefficient (Wildman–Crippen LogP) is 1.98. The Kier molecular flexibility index (Phi) is 5.16. The molecule has 0 spiro atoms. The van der Waals surface area contributed by atoms with Gasteiger partial charge in [-0.15, -0.1) is 0 Å². The van der Waals surface area contributed by atoms with E-state index in [9.17, 15) is 29.3 Å². The minimum Gasteiger partial charge on any atom is -0.504 e. The van der Waals surface area contributed by atoms with Gasteiger partial charge in [0, 0.05) is 24.7 Å².